The molecule has 0 atom stereocenters. The average molecular weight is 206 g/mol. The highest BCUT2D eigenvalue weighted by Gasteiger charge is 2.05. The van der Waals surface area contributed by atoms with Crippen LogP contribution in [0, 0.1) is 0 Å². The first-order valence-corrected chi connectivity index (χ1v) is 5.94. The van der Waals surface area contributed by atoms with Crippen molar-refractivity contribution in [1.82, 2.24) is 4.57 Å². The van der Waals surface area contributed by atoms with Crippen molar-refractivity contribution in [3.05, 3.63) is 30.0 Å². The van der Waals surface area contributed by atoms with Gasteiger partial charge in [-0.3, -0.25) is 0 Å². The van der Waals surface area contributed by atoms with Gasteiger partial charge in [0.25, 0.3) is 0 Å². The maximum absolute atomic E-state index is 5.76. The Kier molecular flexibility index (Phi) is 2.42. The van der Waals surface area contributed by atoms with Gasteiger partial charge in [-0.2, -0.15) is 11.8 Å². The number of rotatable bonds is 2. The Bertz CT molecular complexity index is 460. The Morgan fingerprint density at radius 3 is 2.93 bits per heavy atom. The molecule has 74 valence electrons. The van der Waals surface area contributed by atoms with Gasteiger partial charge in [0.15, 0.2) is 0 Å². The number of nitrogen functional groups attached to an aromatic ring is 1. The van der Waals surface area contributed by atoms with Crippen molar-refractivity contribution < 1.29 is 0 Å². The smallest absolute Gasteiger partial charge is 0.0501 e. The summed E-state index contributed by atoms with van der Waals surface area (Å²) < 4.78 is 2.14. The van der Waals surface area contributed by atoms with Gasteiger partial charge < -0.3 is 10.3 Å². The van der Waals surface area contributed by atoms with Crippen LogP contribution < -0.4 is 5.73 Å². The molecule has 0 amide bonds. The zero-order valence-corrected chi connectivity index (χ0v) is 9.27. The van der Waals surface area contributed by atoms with Crippen LogP contribution in [0.3, 0.4) is 0 Å². The van der Waals surface area contributed by atoms with Crippen molar-refractivity contribution in [2.24, 2.45) is 7.05 Å². The van der Waals surface area contributed by atoms with Gasteiger partial charge in [-0.1, -0.05) is 6.07 Å². The largest absolute Gasteiger partial charge is 0.399 e. The molecule has 0 spiro atoms. The van der Waals surface area contributed by atoms with Gasteiger partial charge in [0.05, 0.1) is 5.52 Å². The van der Waals surface area contributed by atoms with Crippen LogP contribution in [0.4, 0.5) is 5.69 Å². The number of thioether (sulfide) groups is 1. The van der Waals surface area contributed by atoms with Crippen LogP contribution in [0.25, 0.3) is 10.9 Å². The minimum atomic E-state index is 0.828. The number of aromatic nitrogens is 1. The SMILES string of the molecule is CSCc1cn(C)c2cc(N)ccc12. The van der Waals surface area contributed by atoms with Crippen molar-refractivity contribution in [1.29, 1.82) is 0 Å². The molecule has 0 unspecified atom stereocenters. The summed E-state index contributed by atoms with van der Waals surface area (Å²) in [4.78, 5) is 0. The molecule has 0 saturated heterocycles. The number of anilines is 1. The molecule has 1 aromatic heterocycles. The first-order chi connectivity index (χ1) is 6.72. The number of fused-ring (bicyclic) bond motifs is 1. The van der Waals surface area contributed by atoms with E-state index in [9.17, 15) is 0 Å². The third kappa shape index (κ3) is 1.48. The molecule has 0 saturated carbocycles. The summed E-state index contributed by atoms with van der Waals surface area (Å²) in [5.74, 6) is 1.06. The lowest BCUT2D eigenvalue weighted by atomic mass is 10.2. The molecule has 0 fully saturated rings. The number of hydrogen-bond acceptors (Lipinski definition) is 2. The second-order valence-corrected chi connectivity index (χ2v) is 4.34. The molecule has 2 nitrogen and oxygen atoms in total. The molecule has 3 heteroatoms. The lowest BCUT2D eigenvalue weighted by molar-refractivity contribution is 0.963. The minimum absolute atomic E-state index is 0.828. The first-order valence-electron chi connectivity index (χ1n) is 4.54. The van der Waals surface area contributed by atoms with E-state index in [2.05, 4.69) is 30.1 Å². The van der Waals surface area contributed by atoms with Gasteiger partial charge in [0.2, 0.25) is 0 Å². The molecule has 0 aliphatic carbocycles. The van der Waals surface area contributed by atoms with Crippen molar-refractivity contribution in [3.63, 3.8) is 0 Å². The van der Waals surface area contributed by atoms with Gasteiger partial charge in [-0.15, -0.1) is 0 Å². The normalized spacial score (nSPS) is 11.0. The first kappa shape index (κ1) is 9.46. The van der Waals surface area contributed by atoms with Gasteiger partial charge >= 0.3 is 0 Å². The highest BCUT2D eigenvalue weighted by atomic mass is 32.2. The van der Waals surface area contributed by atoms with Crippen molar-refractivity contribution in [2.45, 2.75) is 5.75 Å². The Hall–Kier alpha value is -1.09. The summed E-state index contributed by atoms with van der Waals surface area (Å²) in [6.07, 6.45) is 4.30. The predicted molar refractivity (Wildman–Crippen MR) is 64.6 cm³/mol. The molecule has 2 aromatic rings. The van der Waals surface area contributed by atoms with E-state index in [1.165, 1.54) is 16.5 Å². The molecule has 1 heterocycles. The quantitative estimate of drug-likeness (QED) is 0.766. The summed E-state index contributed by atoms with van der Waals surface area (Å²) in [5.41, 5.74) is 9.19. The average Bonchev–Trinajstić information content (AvgIpc) is 2.44. The summed E-state index contributed by atoms with van der Waals surface area (Å²) in [6, 6.07) is 6.10. The lowest BCUT2D eigenvalue weighted by Gasteiger charge is -1.97. The molecule has 0 aliphatic rings. The van der Waals surface area contributed by atoms with Crippen molar-refractivity contribution >= 4 is 28.4 Å². The highest BCUT2D eigenvalue weighted by molar-refractivity contribution is 7.97. The van der Waals surface area contributed by atoms with E-state index in [-0.39, 0.29) is 0 Å². The van der Waals surface area contributed by atoms with Gasteiger partial charge in [-0.25, -0.2) is 0 Å². The minimum Gasteiger partial charge on any atom is -0.399 e. The number of nitrogens with zero attached hydrogens (tertiary/aromatic N) is 1. The molecule has 14 heavy (non-hydrogen) atoms. The number of benzene rings is 1. The summed E-state index contributed by atoms with van der Waals surface area (Å²) >= 11 is 1.84. The van der Waals surface area contributed by atoms with Gasteiger partial charge in [0.1, 0.15) is 0 Å². The van der Waals surface area contributed by atoms with E-state index in [1.54, 1.807) is 0 Å². The Morgan fingerprint density at radius 2 is 2.21 bits per heavy atom. The van der Waals surface area contributed by atoms with Gasteiger partial charge in [-0.05, 0) is 24.0 Å². The zero-order valence-electron chi connectivity index (χ0n) is 8.45. The standard InChI is InChI=1S/C11H14N2S/c1-13-6-8(7-14-2)10-4-3-9(12)5-11(10)13/h3-6H,7,12H2,1-2H3. The summed E-state index contributed by atoms with van der Waals surface area (Å²) in [7, 11) is 2.06. The molecule has 2 rings (SSSR count). The number of hydrogen-bond donors (Lipinski definition) is 1. The fourth-order valence-electron chi connectivity index (χ4n) is 1.76. The highest BCUT2D eigenvalue weighted by Crippen LogP contribution is 2.25. The second kappa shape index (κ2) is 3.58. The second-order valence-electron chi connectivity index (χ2n) is 3.47. The molecule has 0 aliphatic heterocycles. The third-order valence-corrected chi connectivity index (χ3v) is 3.00. The monoisotopic (exact) mass is 206 g/mol. The maximum atomic E-state index is 5.76. The number of nitrogens with two attached hydrogens (primary N) is 1. The predicted octanol–water partition coefficient (Wildman–Crippen LogP) is 2.62. The fraction of sp³-hybridized carbons (Fsp3) is 0.273. The summed E-state index contributed by atoms with van der Waals surface area (Å²) in [5, 5.41) is 1.32. The summed E-state index contributed by atoms with van der Waals surface area (Å²) in [6.45, 7) is 0. The van der Waals surface area contributed by atoms with E-state index < -0.39 is 0 Å². The van der Waals surface area contributed by atoms with E-state index >= 15 is 0 Å². The van der Waals surface area contributed by atoms with E-state index in [0.717, 1.165) is 11.4 Å². The van der Waals surface area contributed by atoms with Crippen LogP contribution in [-0.2, 0) is 12.8 Å². The lowest BCUT2D eigenvalue weighted by Crippen LogP contribution is -1.87. The Balaban J connectivity index is 2.65. The van der Waals surface area contributed by atoms with E-state index in [0.29, 0.717) is 0 Å². The molecular weight excluding hydrogens is 192 g/mol. The van der Waals surface area contributed by atoms with Crippen LogP contribution in [0.1, 0.15) is 5.56 Å². The van der Waals surface area contributed by atoms with Crippen LogP contribution in [0.2, 0.25) is 0 Å². The molecule has 0 radical (unpaired) electrons. The zero-order chi connectivity index (χ0) is 10.1. The topological polar surface area (TPSA) is 30.9 Å². The van der Waals surface area contributed by atoms with E-state index in [1.807, 2.05) is 23.9 Å². The molecular formula is C11H14N2S. The maximum Gasteiger partial charge on any atom is 0.0501 e. The Morgan fingerprint density at radius 1 is 1.43 bits per heavy atom. The Labute approximate surface area is 88.1 Å². The van der Waals surface area contributed by atoms with Crippen molar-refractivity contribution in [3.8, 4) is 0 Å². The third-order valence-electron chi connectivity index (χ3n) is 2.40. The van der Waals surface area contributed by atoms with Crippen LogP contribution in [0.15, 0.2) is 24.4 Å². The fourth-order valence-corrected chi connectivity index (χ4v) is 2.30. The van der Waals surface area contributed by atoms with E-state index in [4.69, 9.17) is 5.73 Å². The van der Waals surface area contributed by atoms with Crippen LogP contribution >= 0.6 is 11.8 Å². The molecule has 2 N–H and O–H groups in total. The number of aryl methyl sites for hydroxylation is 1. The van der Waals surface area contributed by atoms with Crippen LogP contribution in [-0.4, -0.2) is 10.8 Å². The molecule has 1 aromatic carbocycles. The van der Waals surface area contributed by atoms with Gasteiger partial charge in [0, 0.05) is 30.1 Å². The van der Waals surface area contributed by atoms with Crippen molar-refractivity contribution in [2.75, 3.05) is 12.0 Å². The van der Waals surface area contributed by atoms with Crippen LogP contribution in [0.5, 0.6) is 0 Å². The molecule has 0 bridgehead atoms.